The van der Waals surface area contributed by atoms with Crippen molar-refractivity contribution in [3.63, 3.8) is 0 Å². The molecule has 0 amide bonds. The molecule has 0 heterocycles. The van der Waals surface area contributed by atoms with Crippen molar-refractivity contribution in [2.75, 3.05) is 0 Å². The predicted molar refractivity (Wildman–Crippen MR) is 62.6 cm³/mol. The van der Waals surface area contributed by atoms with Crippen LogP contribution in [0.3, 0.4) is 0 Å². The summed E-state index contributed by atoms with van der Waals surface area (Å²) in [5.74, 6) is -5.57. The van der Waals surface area contributed by atoms with Gasteiger partial charge in [0.1, 0.15) is 0 Å². The van der Waals surface area contributed by atoms with Crippen LogP contribution in [0.15, 0.2) is 0 Å². The number of carboxylic acids is 4. The SMILES string of the molecule is N=C(N)N[C@@H](CCC(=O)[O-])C(=O)[O-].O=C(O)CCC(=O)O.[K+].[K+]. The van der Waals surface area contributed by atoms with Crippen LogP contribution in [0.4, 0.5) is 0 Å². The molecule has 0 aromatic rings. The smallest absolute Gasteiger partial charge is 0.550 e. The Kier molecular flexibility index (Phi) is 25.5. The molecule has 1 atom stereocenters. The summed E-state index contributed by atoms with van der Waals surface area (Å²) in [4.78, 5) is 39.6. The molecule has 0 unspecified atom stereocenters. The molecule has 0 spiro atoms. The Morgan fingerprint density at radius 2 is 1.39 bits per heavy atom. The number of hydrogen-bond donors (Lipinski definition) is 5. The summed E-state index contributed by atoms with van der Waals surface area (Å²) >= 11 is 0. The zero-order valence-electron chi connectivity index (χ0n) is 12.8. The first-order chi connectivity index (χ1) is 9.56. The molecule has 0 aromatic heterocycles. The second-order valence-electron chi connectivity index (χ2n) is 3.63. The Bertz CT molecular complexity index is 405. The van der Waals surface area contributed by atoms with Crippen molar-refractivity contribution in [2.45, 2.75) is 31.7 Å². The van der Waals surface area contributed by atoms with E-state index in [1.807, 2.05) is 5.32 Å². The van der Waals surface area contributed by atoms with Gasteiger partial charge >= 0.3 is 115 Å². The molecule has 0 radical (unpaired) electrons. The van der Waals surface area contributed by atoms with Gasteiger partial charge in [0.05, 0.1) is 24.9 Å². The van der Waals surface area contributed by atoms with Crippen LogP contribution in [-0.2, 0) is 19.2 Å². The maximum Gasteiger partial charge on any atom is 1.00 e. The summed E-state index contributed by atoms with van der Waals surface area (Å²) in [5.41, 5.74) is 4.86. The number of nitrogens with two attached hydrogens (primary N) is 1. The predicted octanol–water partition coefficient (Wildman–Crippen LogP) is -9.94. The molecule has 0 fully saturated rings. The summed E-state index contributed by atoms with van der Waals surface area (Å²) < 4.78 is 0. The third kappa shape index (κ3) is 27.6. The number of nitrogens with one attached hydrogen (secondary N) is 2. The van der Waals surface area contributed by atoms with Crippen LogP contribution in [0.25, 0.3) is 0 Å². The monoisotopic (exact) mass is 383 g/mol. The van der Waals surface area contributed by atoms with E-state index in [0.717, 1.165) is 0 Å². The van der Waals surface area contributed by atoms with Crippen molar-refractivity contribution in [3.05, 3.63) is 0 Å². The first-order valence-corrected chi connectivity index (χ1v) is 5.51. The summed E-state index contributed by atoms with van der Waals surface area (Å²) in [5, 5.41) is 44.8. The van der Waals surface area contributed by atoms with Gasteiger partial charge in [0.25, 0.3) is 0 Å². The van der Waals surface area contributed by atoms with Gasteiger partial charge in [0.15, 0.2) is 5.96 Å². The molecule has 0 aliphatic rings. The standard InChI is InChI=1S/C6H11N3O4.C4H6O4.2K/c7-6(8)9-3(5(12)13)1-2-4(10)11;5-3(6)1-2-4(7)8;;/h3H,1-2H2,(H,10,11)(H,12,13)(H4,7,8,9);1-2H2,(H,5,6)(H,7,8);;/q;;2*+1/p-2/t3-;;;/m0.../s1. The van der Waals surface area contributed by atoms with Crippen LogP contribution in [0.5, 0.6) is 0 Å². The Balaban J connectivity index is -0.000000158. The minimum atomic E-state index is -1.50. The van der Waals surface area contributed by atoms with Gasteiger partial charge in [-0.3, -0.25) is 15.0 Å². The van der Waals surface area contributed by atoms with Crippen LogP contribution < -0.4 is 124 Å². The number of carbonyl (C=O) groups is 4. The van der Waals surface area contributed by atoms with E-state index in [2.05, 4.69) is 0 Å². The number of rotatable bonds is 8. The van der Waals surface area contributed by atoms with Crippen LogP contribution in [0, 0.1) is 5.41 Å². The van der Waals surface area contributed by atoms with Crippen molar-refractivity contribution >= 4 is 29.8 Å². The van der Waals surface area contributed by atoms with Gasteiger partial charge in [-0.05, 0) is 12.8 Å². The Morgan fingerprint density at radius 3 is 1.61 bits per heavy atom. The van der Waals surface area contributed by atoms with Gasteiger partial charge < -0.3 is 41.1 Å². The van der Waals surface area contributed by atoms with Crippen LogP contribution >= 0.6 is 0 Å². The zero-order valence-corrected chi connectivity index (χ0v) is 19.1. The van der Waals surface area contributed by atoms with Gasteiger partial charge in [-0.15, -0.1) is 0 Å². The molecule has 0 saturated carbocycles. The molecular weight excluding hydrogens is 368 g/mol. The van der Waals surface area contributed by atoms with Crippen LogP contribution in [0.1, 0.15) is 25.7 Å². The minimum absolute atomic E-state index is 0. The molecule has 0 aromatic carbocycles. The van der Waals surface area contributed by atoms with Crippen LogP contribution in [0.2, 0.25) is 0 Å². The number of carboxylic acid groups (broad SMARTS) is 4. The summed E-state index contributed by atoms with van der Waals surface area (Å²) in [6, 6.07) is -1.27. The maximum absolute atomic E-state index is 10.3. The molecule has 23 heavy (non-hydrogen) atoms. The van der Waals surface area contributed by atoms with E-state index in [-0.39, 0.29) is 122 Å². The van der Waals surface area contributed by atoms with Crippen molar-refractivity contribution < 1.29 is 142 Å². The first-order valence-electron chi connectivity index (χ1n) is 5.51. The summed E-state index contributed by atoms with van der Waals surface area (Å²) in [6.07, 6.45) is -1.26. The molecule has 13 heteroatoms. The minimum Gasteiger partial charge on any atom is -0.550 e. The molecule has 0 saturated heterocycles. The quantitative estimate of drug-likeness (QED) is 0.151. The van der Waals surface area contributed by atoms with E-state index in [4.69, 9.17) is 21.4 Å². The maximum atomic E-state index is 10.3. The Labute approximate surface area is 216 Å². The topological polar surface area (TPSA) is 217 Å². The van der Waals surface area contributed by atoms with Crippen molar-refractivity contribution in [1.82, 2.24) is 5.32 Å². The summed E-state index contributed by atoms with van der Waals surface area (Å²) in [7, 11) is 0. The normalized spacial score (nSPS) is 9.57. The average molecular weight is 383 g/mol. The van der Waals surface area contributed by atoms with E-state index in [0.29, 0.717) is 0 Å². The van der Waals surface area contributed by atoms with Crippen LogP contribution in [-0.4, -0.2) is 46.1 Å². The van der Waals surface area contributed by atoms with Crippen molar-refractivity contribution in [2.24, 2.45) is 5.73 Å². The fourth-order valence-corrected chi connectivity index (χ4v) is 0.913. The third-order valence-corrected chi connectivity index (χ3v) is 1.80. The van der Waals surface area contributed by atoms with Gasteiger partial charge in [-0.2, -0.15) is 0 Å². The van der Waals surface area contributed by atoms with Gasteiger partial charge in [-0.25, -0.2) is 0 Å². The molecule has 120 valence electrons. The fourth-order valence-electron chi connectivity index (χ4n) is 0.913. The van der Waals surface area contributed by atoms with Crippen molar-refractivity contribution in [3.8, 4) is 0 Å². The molecular formula is C10H15K2N3O8. The molecule has 11 nitrogen and oxygen atoms in total. The Morgan fingerprint density at radius 1 is 1.00 bits per heavy atom. The number of carbonyl (C=O) groups excluding carboxylic acids is 2. The van der Waals surface area contributed by atoms with Gasteiger partial charge in [0, 0.05) is 5.97 Å². The molecule has 0 aliphatic heterocycles. The van der Waals surface area contributed by atoms with E-state index in [9.17, 15) is 29.4 Å². The fraction of sp³-hybridized carbons (Fsp3) is 0.500. The van der Waals surface area contributed by atoms with Gasteiger partial charge in [-0.1, -0.05) is 0 Å². The molecule has 0 rings (SSSR count). The van der Waals surface area contributed by atoms with E-state index < -0.39 is 42.3 Å². The number of hydrogen-bond acceptors (Lipinski definition) is 7. The number of guanidine groups is 1. The number of aliphatic carboxylic acids is 4. The molecule has 6 N–H and O–H groups in total. The zero-order chi connectivity index (χ0) is 17.0. The van der Waals surface area contributed by atoms with Crippen molar-refractivity contribution in [1.29, 1.82) is 5.41 Å². The summed E-state index contributed by atoms with van der Waals surface area (Å²) in [6.45, 7) is 0. The molecule has 0 bridgehead atoms. The second kappa shape index (κ2) is 18.8. The van der Waals surface area contributed by atoms with E-state index in [1.54, 1.807) is 0 Å². The molecule has 0 aliphatic carbocycles. The second-order valence-corrected chi connectivity index (χ2v) is 3.63. The van der Waals surface area contributed by atoms with E-state index in [1.165, 1.54) is 0 Å². The van der Waals surface area contributed by atoms with E-state index >= 15 is 0 Å². The van der Waals surface area contributed by atoms with Gasteiger partial charge in [0.2, 0.25) is 0 Å². The average Bonchev–Trinajstić information content (AvgIpc) is 2.31. The third-order valence-electron chi connectivity index (χ3n) is 1.80. The largest absolute Gasteiger partial charge is 1.00 e. The first kappa shape index (κ1) is 31.2. The Hall–Kier alpha value is 0.423.